The summed E-state index contributed by atoms with van der Waals surface area (Å²) in [7, 11) is 0. The molecule has 0 atom stereocenters. The van der Waals surface area contributed by atoms with Crippen molar-refractivity contribution in [2.24, 2.45) is 0 Å². The Hall–Kier alpha value is -1.40. The van der Waals surface area contributed by atoms with Crippen LogP contribution in [0.15, 0.2) is 23.7 Å². The highest BCUT2D eigenvalue weighted by atomic mass is 32.1. The van der Waals surface area contributed by atoms with E-state index in [1.165, 1.54) is 6.08 Å². The van der Waals surface area contributed by atoms with Gasteiger partial charge in [-0.15, -0.1) is 11.3 Å². The van der Waals surface area contributed by atoms with Crippen LogP contribution < -0.4 is 4.90 Å². The third-order valence-corrected chi connectivity index (χ3v) is 3.52. The smallest absolute Gasteiger partial charge is 0.328 e. The Morgan fingerprint density at radius 2 is 2.24 bits per heavy atom. The molecule has 0 bridgehead atoms. The lowest BCUT2D eigenvalue weighted by atomic mass is 10.3. The molecule has 0 aliphatic carbocycles. The van der Waals surface area contributed by atoms with Crippen LogP contribution in [0.3, 0.4) is 0 Å². The Morgan fingerprint density at radius 1 is 1.47 bits per heavy atom. The van der Waals surface area contributed by atoms with Crippen LogP contribution in [-0.2, 0) is 4.79 Å². The van der Waals surface area contributed by atoms with Gasteiger partial charge >= 0.3 is 5.97 Å². The van der Waals surface area contributed by atoms with Gasteiger partial charge in [0.2, 0.25) is 0 Å². The molecule has 1 aromatic heterocycles. The van der Waals surface area contributed by atoms with Gasteiger partial charge in [-0.2, -0.15) is 0 Å². The zero-order chi connectivity index (χ0) is 12.1. The van der Waals surface area contributed by atoms with Gasteiger partial charge in [0.1, 0.15) is 0 Å². The van der Waals surface area contributed by atoms with Gasteiger partial charge in [-0.1, -0.05) is 6.08 Å². The summed E-state index contributed by atoms with van der Waals surface area (Å²) in [5.41, 5.74) is 0. The molecule has 1 aliphatic heterocycles. The summed E-state index contributed by atoms with van der Waals surface area (Å²) in [4.78, 5) is 19.1. The van der Waals surface area contributed by atoms with Gasteiger partial charge in [-0.05, 0) is 0 Å². The molecule has 0 saturated carbocycles. The first-order chi connectivity index (χ1) is 8.25. The van der Waals surface area contributed by atoms with Crippen molar-refractivity contribution in [3.8, 4) is 0 Å². The van der Waals surface area contributed by atoms with Crippen LogP contribution in [0.5, 0.6) is 0 Å². The summed E-state index contributed by atoms with van der Waals surface area (Å²) in [6.07, 6.45) is 4.72. The van der Waals surface area contributed by atoms with Crippen LogP contribution in [0.1, 0.15) is 0 Å². The summed E-state index contributed by atoms with van der Waals surface area (Å²) in [5, 5.41) is 11.5. The van der Waals surface area contributed by atoms with Crippen molar-refractivity contribution < 1.29 is 9.90 Å². The molecule has 2 heterocycles. The maximum Gasteiger partial charge on any atom is 0.328 e. The normalized spacial score (nSPS) is 17.8. The van der Waals surface area contributed by atoms with Gasteiger partial charge in [-0.25, -0.2) is 9.78 Å². The van der Waals surface area contributed by atoms with E-state index in [1.807, 2.05) is 11.6 Å². The molecular weight excluding hydrogens is 238 g/mol. The van der Waals surface area contributed by atoms with Crippen molar-refractivity contribution in [3.63, 3.8) is 0 Å². The van der Waals surface area contributed by atoms with Crippen molar-refractivity contribution in [2.75, 3.05) is 37.6 Å². The molecule has 5 nitrogen and oxygen atoms in total. The summed E-state index contributed by atoms with van der Waals surface area (Å²) >= 11 is 1.66. The molecule has 0 aromatic carbocycles. The number of hydrogen-bond acceptors (Lipinski definition) is 5. The van der Waals surface area contributed by atoms with Crippen LogP contribution in [0, 0.1) is 0 Å². The number of carboxylic acids is 1. The third kappa shape index (κ3) is 3.54. The minimum atomic E-state index is -0.883. The fraction of sp³-hybridized carbons (Fsp3) is 0.455. The number of nitrogens with zero attached hydrogens (tertiary/aromatic N) is 3. The van der Waals surface area contributed by atoms with E-state index in [1.54, 1.807) is 17.4 Å². The first kappa shape index (κ1) is 12.1. The second kappa shape index (κ2) is 5.79. The summed E-state index contributed by atoms with van der Waals surface area (Å²) in [5.74, 6) is -0.883. The summed E-state index contributed by atoms with van der Waals surface area (Å²) in [6.45, 7) is 4.51. The molecule has 2 rings (SSSR count). The molecule has 1 fully saturated rings. The number of hydrogen-bond donors (Lipinski definition) is 1. The number of rotatable bonds is 4. The number of aromatic nitrogens is 1. The van der Waals surface area contributed by atoms with Crippen molar-refractivity contribution in [3.05, 3.63) is 23.7 Å². The van der Waals surface area contributed by atoms with Gasteiger partial charge in [0, 0.05) is 50.4 Å². The van der Waals surface area contributed by atoms with E-state index in [-0.39, 0.29) is 0 Å². The number of carboxylic acid groups (broad SMARTS) is 1. The number of anilines is 1. The summed E-state index contributed by atoms with van der Waals surface area (Å²) in [6, 6.07) is 0. The fourth-order valence-electron chi connectivity index (χ4n) is 1.80. The van der Waals surface area contributed by atoms with Gasteiger partial charge in [0.05, 0.1) is 0 Å². The predicted molar refractivity (Wildman–Crippen MR) is 67.5 cm³/mol. The number of thiazole rings is 1. The second-order valence-electron chi connectivity index (χ2n) is 3.84. The van der Waals surface area contributed by atoms with Crippen LogP contribution in [0.4, 0.5) is 5.13 Å². The number of carbonyl (C=O) groups is 1. The first-order valence-electron chi connectivity index (χ1n) is 5.52. The van der Waals surface area contributed by atoms with E-state index in [4.69, 9.17) is 5.11 Å². The van der Waals surface area contributed by atoms with E-state index in [2.05, 4.69) is 14.8 Å². The lowest BCUT2D eigenvalue weighted by Crippen LogP contribution is -2.46. The molecular formula is C11H15N3O2S. The second-order valence-corrected chi connectivity index (χ2v) is 4.72. The first-order valence-corrected chi connectivity index (χ1v) is 6.40. The highest BCUT2D eigenvalue weighted by Gasteiger charge is 2.17. The number of piperazine rings is 1. The van der Waals surface area contributed by atoms with Gasteiger partial charge < -0.3 is 10.0 Å². The zero-order valence-corrected chi connectivity index (χ0v) is 10.3. The lowest BCUT2D eigenvalue weighted by molar-refractivity contribution is -0.131. The highest BCUT2D eigenvalue weighted by Crippen LogP contribution is 2.18. The Morgan fingerprint density at radius 3 is 2.82 bits per heavy atom. The lowest BCUT2D eigenvalue weighted by Gasteiger charge is -2.33. The van der Waals surface area contributed by atoms with Gasteiger partial charge in [0.15, 0.2) is 5.13 Å². The molecule has 1 N–H and O–H groups in total. The molecule has 17 heavy (non-hydrogen) atoms. The Bertz CT molecular complexity index is 383. The third-order valence-electron chi connectivity index (χ3n) is 2.69. The van der Waals surface area contributed by atoms with E-state index < -0.39 is 5.97 Å². The SMILES string of the molecule is O=C(O)/C=C/CN1CCN(c2nccs2)CC1. The molecule has 0 radical (unpaired) electrons. The quantitative estimate of drug-likeness (QED) is 0.808. The van der Waals surface area contributed by atoms with Crippen molar-refractivity contribution in [1.82, 2.24) is 9.88 Å². The molecule has 0 unspecified atom stereocenters. The van der Waals surface area contributed by atoms with Crippen LogP contribution in [0.25, 0.3) is 0 Å². The Labute approximate surface area is 104 Å². The largest absolute Gasteiger partial charge is 0.478 e. The van der Waals surface area contributed by atoms with Crippen molar-refractivity contribution >= 4 is 22.4 Å². The maximum absolute atomic E-state index is 10.3. The molecule has 92 valence electrons. The fourth-order valence-corrected chi connectivity index (χ4v) is 2.49. The summed E-state index contributed by atoms with van der Waals surface area (Å²) < 4.78 is 0. The van der Waals surface area contributed by atoms with Crippen molar-refractivity contribution in [1.29, 1.82) is 0 Å². The molecule has 1 aromatic rings. The van der Waals surface area contributed by atoms with Crippen LogP contribution >= 0.6 is 11.3 Å². The van der Waals surface area contributed by atoms with Gasteiger partial charge in [0.25, 0.3) is 0 Å². The van der Waals surface area contributed by atoms with E-state index >= 15 is 0 Å². The Balaban J connectivity index is 1.76. The van der Waals surface area contributed by atoms with Crippen LogP contribution in [0.2, 0.25) is 0 Å². The molecule has 0 amide bonds. The number of aliphatic carboxylic acids is 1. The highest BCUT2D eigenvalue weighted by molar-refractivity contribution is 7.13. The molecule has 1 aliphatic rings. The molecule has 6 heteroatoms. The minimum Gasteiger partial charge on any atom is -0.478 e. The standard InChI is InChI=1S/C11H15N3O2S/c15-10(16)2-1-4-13-5-7-14(8-6-13)11-12-3-9-17-11/h1-3,9H,4-8H2,(H,15,16)/b2-1+. The van der Waals surface area contributed by atoms with E-state index in [0.717, 1.165) is 31.3 Å². The monoisotopic (exact) mass is 253 g/mol. The van der Waals surface area contributed by atoms with E-state index in [0.29, 0.717) is 6.54 Å². The van der Waals surface area contributed by atoms with E-state index in [9.17, 15) is 4.79 Å². The van der Waals surface area contributed by atoms with Crippen LogP contribution in [-0.4, -0.2) is 53.7 Å². The average molecular weight is 253 g/mol. The average Bonchev–Trinajstić information content (AvgIpc) is 2.83. The van der Waals surface area contributed by atoms with Crippen molar-refractivity contribution in [2.45, 2.75) is 0 Å². The predicted octanol–water partition coefficient (Wildman–Crippen LogP) is 0.906. The molecule has 0 spiro atoms. The topological polar surface area (TPSA) is 56.7 Å². The molecule has 1 saturated heterocycles. The Kier molecular flexibility index (Phi) is 4.11. The maximum atomic E-state index is 10.3. The van der Waals surface area contributed by atoms with Gasteiger partial charge in [-0.3, -0.25) is 4.90 Å². The zero-order valence-electron chi connectivity index (χ0n) is 9.45. The minimum absolute atomic E-state index is 0.706.